The molecular weight excluding hydrogens is 172 g/mol. The van der Waals surface area contributed by atoms with Crippen molar-refractivity contribution in [2.45, 2.75) is 78.2 Å². The molecule has 0 aromatic heterocycles. The van der Waals surface area contributed by atoms with Gasteiger partial charge in [-0.15, -0.1) is 0 Å². The minimum atomic E-state index is -0.0494. The van der Waals surface area contributed by atoms with Crippen molar-refractivity contribution in [3.05, 3.63) is 0 Å². The maximum absolute atomic E-state index is 9.87. The lowest BCUT2D eigenvalue weighted by Crippen LogP contribution is -2.18. The fourth-order valence-corrected chi connectivity index (χ4v) is 2.03. The van der Waals surface area contributed by atoms with E-state index in [1.165, 1.54) is 32.1 Å². The second-order valence-electron chi connectivity index (χ2n) is 4.35. The van der Waals surface area contributed by atoms with Gasteiger partial charge in [0, 0.05) is 0 Å². The van der Waals surface area contributed by atoms with Crippen molar-refractivity contribution >= 4 is 0 Å². The van der Waals surface area contributed by atoms with Gasteiger partial charge in [-0.3, -0.25) is 0 Å². The van der Waals surface area contributed by atoms with Crippen LogP contribution in [0.4, 0.5) is 0 Å². The number of rotatable bonds is 9. The number of unbranched alkanes of at least 4 members (excludes halogenated alkanes) is 4. The molecule has 0 aliphatic carbocycles. The molecule has 1 atom stereocenters. The first kappa shape index (κ1) is 14.0. The molecule has 0 aliphatic rings. The second kappa shape index (κ2) is 9.51. The van der Waals surface area contributed by atoms with Crippen LogP contribution < -0.4 is 0 Å². The van der Waals surface area contributed by atoms with Crippen molar-refractivity contribution in [2.75, 3.05) is 0 Å². The monoisotopic (exact) mass is 200 g/mol. The fourth-order valence-electron chi connectivity index (χ4n) is 2.03. The van der Waals surface area contributed by atoms with Gasteiger partial charge >= 0.3 is 0 Å². The van der Waals surface area contributed by atoms with Gasteiger partial charge in [0.2, 0.25) is 0 Å². The van der Waals surface area contributed by atoms with E-state index in [1.54, 1.807) is 0 Å². The van der Waals surface area contributed by atoms with Gasteiger partial charge in [-0.25, -0.2) is 0 Å². The highest BCUT2D eigenvalue weighted by Crippen LogP contribution is 2.18. The molecule has 1 unspecified atom stereocenters. The Labute approximate surface area is 89.9 Å². The van der Waals surface area contributed by atoms with E-state index in [1.807, 2.05) is 0 Å². The molecule has 0 saturated heterocycles. The Hall–Kier alpha value is -0.0400. The third kappa shape index (κ3) is 6.42. The maximum Gasteiger partial charge on any atom is 0.0568 e. The van der Waals surface area contributed by atoms with Crippen molar-refractivity contribution in [3.63, 3.8) is 0 Å². The maximum atomic E-state index is 9.87. The van der Waals surface area contributed by atoms with Gasteiger partial charge in [-0.05, 0) is 12.3 Å². The highest BCUT2D eigenvalue weighted by Gasteiger charge is 2.14. The highest BCUT2D eigenvalue weighted by atomic mass is 16.3. The Bertz CT molecular complexity index is 108. The number of aliphatic hydroxyl groups is 1. The standard InChI is InChI=1S/C13H28O/c1-4-7-8-9-10-11-13(14)12(5-2)6-3/h12-14H,4-11H2,1-3H3. The van der Waals surface area contributed by atoms with E-state index < -0.39 is 0 Å². The van der Waals surface area contributed by atoms with E-state index in [-0.39, 0.29) is 6.10 Å². The predicted octanol–water partition coefficient (Wildman–Crippen LogP) is 4.14. The van der Waals surface area contributed by atoms with Gasteiger partial charge in [0.25, 0.3) is 0 Å². The van der Waals surface area contributed by atoms with Gasteiger partial charge in [-0.1, -0.05) is 65.7 Å². The van der Waals surface area contributed by atoms with E-state index >= 15 is 0 Å². The van der Waals surface area contributed by atoms with Crippen LogP contribution in [0.15, 0.2) is 0 Å². The predicted molar refractivity (Wildman–Crippen MR) is 63.5 cm³/mol. The van der Waals surface area contributed by atoms with E-state index in [2.05, 4.69) is 20.8 Å². The summed E-state index contributed by atoms with van der Waals surface area (Å²) in [4.78, 5) is 0. The summed E-state index contributed by atoms with van der Waals surface area (Å²) in [6.07, 6.45) is 9.69. The Morgan fingerprint density at radius 2 is 1.43 bits per heavy atom. The van der Waals surface area contributed by atoms with Crippen molar-refractivity contribution < 1.29 is 5.11 Å². The van der Waals surface area contributed by atoms with E-state index in [0.29, 0.717) is 5.92 Å². The largest absolute Gasteiger partial charge is 0.393 e. The minimum Gasteiger partial charge on any atom is -0.393 e. The van der Waals surface area contributed by atoms with Crippen LogP contribution in [0.1, 0.15) is 72.1 Å². The number of aliphatic hydroxyl groups excluding tert-OH is 1. The lowest BCUT2D eigenvalue weighted by molar-refractivity contribution is 0.0914. The molecule has 0 radical (unpaired) electrons. The molecule has 0 heterocycles. The van der Waals surface area contributed by atoms with Gasteiger partial charge in [0.1, 0.15) is 0 Å². The Morgan fingerprint density at radius 1 is 0.857 bits per heavy atom. The first-order chi connectivity index (χ1) is 6.76. The summed E-state index contributed by atoms with van der Waals surface area (Å²) in [5.41, 5.74) is 0. The molecule has 0 saturated carbocycles. The van der Waals surface area contributed by atoms with Crippen LogP contribution in [0.25, 0.3) is 0 Å². The van der Waals surface area contributed by atoms with E-state index in [4.69, 9.17) is 0 Å². The van der Waals surface area contributed by atoms with Crippen LogP contribution in [-0.4, -0.2) is 11.2 Å². The average Bonchev–Trinajstić information content (AvgIpc) is 2.19. The molecule has 1 heteroatoms. The lowest BCUT2D eigenvalue weighted by Gasteiger charge is -2.19. The molecule has 0 bridgehead atoms. The molecule has 1 nitrogen and oxygen atoms in total. The minimum absolute atomic E-state index is 0.0494. The van der Waals surface area contributed by atoms with Crippen LogP contribution in [0.2, 0.25) is 0 Å². The van der Waals surface area contributed by atoms with Crippen molar-refractivity contribution in [2.24, 2.45) is 5.92 Å². The van der Waals surface area contributed by atoms with Crippen molar-refractivity contribution in [3.8, 4) is 0 Å². The molecule has 0 aliphatic heterocycles. The summed E-state index contributed by atoms with van der Waals surface area (Å²) in [6, 6.07) is 0. The second-order valence-corrected chi connectivity index (χ2v) is 4.35. The van der Waals surface area contributed by atoms with Crippen LogP contribution >= 0.6 is 0 Å². The summed E-state index contributed by atoms with van der Waals surface area (Å²) in [7, 11) is 0. The third-order valence-corrected chi connectivity index (χ3v) is 3.20. The first-order valence-electron chi connectivity index (χ1n) is 6.44. The third-order valence-electron chi connectivity index (χ3n) is 3.20. The van der Waals surface area contributed by atoms with Gasteiger partial charge in [-0.2, -0.15) is 0 Å². The SMILES string of the molecule is CCCCCCCC(O)C(CC)CC. The highest BCUT2D eigenvalue weighted by molar-refractivity contribution is 4.66. The summed E-state index contributed by atoms with van der Waals surface area (Å²) in [5, 5.41) is 9.87. The summed E-state index contributed by atoms with van der Waals surface area (Å²) >= 11 is 0. The summed E-state index contributed by atoms with van der Waals surface area (Å²) in [5.74, 6) is 0.529. The quantitative estimate of drug-likeness (QED) is 0.554. The lowest BCUT2D eigenvalue weighted by atomic mass is 9.92. The molecule has 0 amide bonds. The van der Waals surface area contributed by atoms with Crippen LogP contribution in [-0.2, 0) is 0 Å². The Kier molecular flexibility index (Phi) is 9.49. The normalized spacial score (nSPS) is 13.5. The average molecular weight is 200 g/mol. The van der Waals surface area contributed by atoms with Crippen LogP contribution in [0, 0.1) is 5.92 Å². The Morgan fingerprint density at radius 3 is 1.93 bits per heavy atom. The fraction of sp³-hybridized carbons (Fsp3) is 1.00. The van der Waals surface area contributed by atoms with Crippen molar-refractivity contribution in [1.82, 2.24) is 0 Å². The zero-order chi connectivity index (χ0) is 10.8. The van der Waals surface area contributed by atoms with Gasteiger partial charge in [0.05, 0.1) is 6.10 Å². The van der Waals surface area contributed by atoms with Crippen LogP contribution in [0.3, 0.4) is 0 Å². The number of hydrogen-bond acceptors (Lipinski definition) is 1. The van der Waals surface area contributed by atoms with Crippen LogP contribution in [0.5, 0.6) is 0 Å². The topological polar surface area (TPSA) is 20.2 Å². The molecule has 86 valence electrons. The number of hydrogen-bond donors (Lipinski definition) is 1. The smallest absolute Gasteiger partial charge is 0.0568 e. The molecule has 0 rings (SSSR count). The molecule has 14 heavy (non-hydrogen) atoms. The molecule has 0 aromatic carbocycles. The van der Waals surface area contributed by atoms with E-state index in [9.17, 15) is 5.11 Å². The first-order valence-corrected chi connectivity index (χ1v) is 6.44. The summed E-state index contributed by atoms with van der Waals surface area (Å²) in [6.45, 7) is 6.59. The van der Waals surface area contributed by atoms with Crippen molar-refractivity contribution in [1.29, 1.82) is 0 Å². The molecule has 1 N–H and O–H groups in total. The van der Waals surface area contributed by atoms with Gasteiger partial charge in [0.15, 0.2) is 0 Å². The zero-order valence-corrected chi connectivity index (χ0v) is 10.3. The molecular formula is C13H28O. The van der Waals surface area contributed by atoms with Gasteiger partial charge < -0.3 is 5.11 Å². The molecule has 0 spiro atoms. The Balaban J connectivity index is 3.37. The molecule has 0 fully saturated rings. The molecule has 0 aromatic rings. The summed E-state index contributed by atoms with van der Waals surface area (Å²) < 4.78 is 0. The zero-order valence-electron chi connectivity index (χ0n) is 10.3. The van der Waals surface area contributed by atoms with E-state index in [0.717, 1.165) is 19.3 Å².